The molecule has 2 rings (SSSR count). The number of carbonyl (C=O) groups is 3. The number of hydrogen-bond acceptors (Lipinski definition) is 5. The number of ketones is 1. The summed E-state index contributed by atoms with van der Waals surface area (Å²) in [5.74, 6) is -1.29. The highest BCUT2D eigenvalue weighted by Crippen LogP contribution is 2.33. The standard InChI is InChI=1S/C29H41NO5/c1-21(2)10-9-14-28(5)15-11-23(27(33)30-18-7-8-19-30)24(31)12-17-29(6,34)25(13-16-28)35-26(32)20-22(3)4/h10-13,16-17,20,25,34H,7-9,14-15,18-19H2,1-6H3/b16-13?,17-12+,23-11+/t25-,28+,29-/m1/s1. The normalized spacial score (nSPS) is 29.5. The van der Waals surface area contributed by atoms with Crippen molar-refractivity contribution in [2.24, 2.45) is 5.41 Å². The zero-order chi connectivity index (χ0) is 26.2. The van der Waals surface area contributed by atoms with E-state index in [1.165, 1.54) is 30.7 Å². The lowest BCUT2D eigenvalue weighted by Gasteiger charge is -2.29. The van der Waals surface area contributed by atoms with E-state index < -0.39 is 28.9 Å². The van der Waals surface area contributed by atoms with Crippen LogP contribution in [-0.4, -0.2) is 52.5 Å². The van der Waals surface area contributed by atoms with Gasteiger partial charge >= 0.3 is 5.97 Å². The van der Waals surface area contributed by atoms with Crippen LogP contribution in [0.25, 0.3) is 0 Å². The topological polar surface area (TPSA) is 83.9 Å². The molecule has 3 atom stereocenters. The second kappa shape index (κ2) is 12.3. The van der Waals surface area contributed by atoms with E-state index in [4.69, 9.17) is 4.74 Å². The smallest absolute Gasteiger partial charge is 0.331 e. The average Bonchev–Trinajstić information content (AvgIpc) is 3.28. The molecule has 0 unspecified atom stereocenters. The number of aliphatic hydroxyl groups is 1. The Bertz CT molecular complexity index is 952. The van der Waals surface area contributed by atoms with Gasteiger partial charge in [-0.05, 0) is 90.4 Å². The van der Waals surface area contributed by atoms with Crippen molar-refractivity contribution in [2.75, 3.05) is 13.1 Å². The van der Waals surface area contributed by atoms with Crippen molar-refractivity contribution in [1.82, 2.24) is 4.90 Å². The molecule has 1 N–H and O–H groups in total. The second-order valence-corrected chi connectivity index (χ2v) is 10.7. The first-order valence-electron chi connectivity index (χ1n) is 12.5. The van der Waals surface area contributed by atoms with Gasteiger partial charge in [-0.1, -0.05) is 36.3 Å². The van der Waals surface area contributed by atoms with E-state index in [0.717, 1.165) is 31.3 Å². The van der Waals surface area contributed by atoms with Crippen LogP contribution in [0.15, 0.2) is 59.3 Å². The minimum atomic E-state index is -1.65. The number of hydrogen-bond donors (Lipinski definition) is 1. The van der Waals surface area contributed by atoms with Gasteiger partial charge in [0.25, 0.3) is 5.91 Å². The van der Waals surface area contributed by atoms with Gasteiger partial charge in [0.05, 0.1) is 5.57 Å². The molecule has 192 valence electrons. The summed E-state index contributed by atoms with van der Waals surface area (Å²) < 4.78 is 5.60. The van der Waals surface area contributed by atoms with Gasteiger partial charge in [0, 0.05) is 19.2 Å². The largest absolute Gasteiger partial charge is 0.452 e. The number of allylic oxidation sites excluding steroid dienone is 6. The lowest BCUT2D eigenvalue weighted by molar-refractivity contribution is -0.148. The Hall–Kier alpha value is -2.73. The van der Waals surface area contributed by atoms with Crippen LogP contribution >= 0.6 is 0 Å². The van der Waals surface area contributed by atoms with Crippen LogP contribution in [0.5, 0.6) is 0 Å². The van der Waals surface area contributed by atoms with Gasteiger partial charge in [-0.15, -0.1) is 0 Å². The molecule has 0 bridgehead atoms. The number of ether oxygens (including phenoxy) is 1. The second-order valence-electron chi connectivity index (χ2n) is 10.7. The van der Waals surface area contributed by atoms with Crippen LogP contribution in [0.1, 0.15) is 73.6 Å². The van der Waals surface area contributed by atoms with Crippen molar-refractivity contribution in [3.05, 3.63) is 59.3 Å². The number of esters is 1. The number of rotatable bonds is 6. The molecule has 1 aliphatic carbocycles. The molecule has 1 amide bonds. The van der Waals surface area contributed by atoms with Crippen molar-refractivity contribution in [3.8, 4) is 0 Å². The summed E-state index contributed by atoms with van der Waals surface area (Å²) in [7, 11) is 0. The number of likely N-dealkylation sites (tertiary alicyclic amines) is 1. The van der Waals surface area contributed by atoms with Gasteiger partial charge in [-0.3, -0.25) is 9.59 Å². The molecule has 1 aliphatic heterocycles. The molecule has 1 fully saturated rings. The minimum absolute atomic E-state index is 0.126. The maximum atomic E-state index is 13.2. The fourth-order valence-corrected chi connectivity index (χ4v) is 4.16. The average molecular weight is 484 g/mol. The maximum absolute atomic E-state index is 13.2. The van der Waals surface area contributed by atoms with Crippen LogP contribution in [-0.2, 0) is 19.1 Å². The maximum Gasteiger partial charge on any atom is 0.331 e. The van der Waals surface area contributed by atoms with E-state index in [1.54, 1.807) is 30.9 Å². The van der Waals surface area contributed by atoms with E-state index >= 15 is 0 Å². The predicted molar refractivity (Wildman–Crippen MR) is 139 cm³/mol. The van der Waals surface area contributed by atoms with Gasteiger partial charge in [-0.25, -0.2) is 4.79 Å². The highest BCUT2D eigenvalue weighted by Gasteiger charge is 2.34. The molecule has 0 aromatic carbocycles. The van der Waals surface area contributed by atoms with Crippen LogP contribution < -0.4 is 0 Å². The molecule has 0 aromatic rings. The third-order valence-corrected chi connectivity index (χ3v) is 6.40. The summed E-state index contributed by atoms with van der Waals surface area (Å²) in [5, 5.41) is 11.2. The van der Waals surface area contributed by atoms with E-state index in [-0.39, 0.29) is 11.5 Å². The molecule has 0 radical (unpaired) electrons. The van der Waals surface area contributed by atoms with E-state index in [2.05, 4.69) is 13.0 Å². The highest BCUT2D eigenvalue weighted by atomic mass is 16.6. The van der Waals surface area contributed by atoms with Crippen LogP contribution in [0.4, 0.5) is 0 Å². The summed E-state index contributed by atoms with van der Waals surface area (Å²) in [6, 6.07) is 0. The third-order valence-electron chi connectivity index (χ3n) is 6.40. The Morgan fingerprint density at radius 1 is 1.11 bits per heavy atom. The molecule has 6 heteroatoms. The SMILES string of the molecule is CC(C)=CCC[C@]1(C)C=C[C@@H](OC(=O)C=C(C)C)[C@](C)(O)/C=C/C(=O)/C(C(=O)N2CCCC2)=C\C1. The molecular weight excluding hydrogens is 442 g/mol. The van der Waals surface area contributed by atoms with Crippen molar-refractivity contribution in [2.45, 2.75) is 85.4 Å². The first-order valence-corrected chi connectivity index (χ1v) is 12.5. The highest BCUT2D eigenvalue weighted by molar-refractivity contribution is 6.23. The zero-order valence-electron chi connectivity index (χ0n) is 22.1. The Morgan fingerprint density at radius 3 is 2.37 bits per heavy atom. The van der Waals surface area contributed by atoms with Gasteiger partial charge < -0.3 is 14.7 Å². The van der Waals surface area contributed by atoms with Crippen LogP contribution in [0.3, 0.4) is 0 Å². The lowest BCUT2D eigenvalue weighted by Crippen LogP contribution is -2.39. The quantitative estimate of drug-likeness (QED) is 0.249. The van der Waals surface area contributed by atoms with Crippen molar-refractivity contribution < 1.29 is 24.2 Å². The number of amides is 1. The fourth-order valence-electron chi connectivity index (χ4n) is 4.16. The molecular formula is C29H41NO5. The first kappa shape index (κ1) is 28.5. The van der Waals surface area contributed by atoms with Gasteiger partial charge in [0.2, 0.25) is 0 Å². The van der Waals surface area contributed by atoms with Gasteiger partial charge in [-0.2, -0.15) is 0 Å². The molecule has 0 aromatic heterocycles. The lowest BCUT2D eigenvalue weighted by atomic mass is 9.80. The summed E-state index contributed by atoms with van der Waals surface area (Å²) in [4.78, 5) is 40.4. The Morgan fingerprint density at radius 2 is 1.77 bits per heavy atom. The Balaban J connectivity index is 2.50. The summed E-state index contributed by atoms with van der Waals surface area (Å²) in [5.41, 5.74) is 0.0439. The zero-order valence-corrected chi connectivity index (χ0v) is 22.1. The predicted octanol–water partition coefficient (Wildman–Crippen LogP) is 5.00. The summed E-state index contributed by atoms with van der Waals surface area (Å²) >= 11 is 0. The summed E-state index contributed by atoms with van der Waals surface area (Å²) in [6.45, 7) is 12.5. The van der Waals surface area contributed by atoms with Crippen LogP contribution in [0.2, 0.25) is 0 Å². The van der Waals surface area contributed by atoms with Crippen LogP contribution in [0, 0.1) is 5.41 Å². The fraction of sp³-hybridized carbons (Fsp3) is 0.552. The molecule has 0 saturated carbocycles. The monoisotopic (exact) mass is 483 g/mol. The summed E-state index contributed by atoms with van der Waals surface area (Å²) in [6.07, 6.45) is 14.3. The molecule has 6 nitrogen and oxygen atoms in total. The third kappa shape index (κ3) is 8.77. The van der Waals surface area contributed by atoms with E-state index in [9.17, 15) is 19.5 Å². The molecule has 0 spiro atoms. The Kier molecular flexibility index (Phi) is 10.0. The molecule has 2 aliphatic rings. The number of nitrogens with zero attached hydrogens (tertiary/aromatic N) is 1. The molecule has 1 heterocycles. The van der Waals surface area contributed by atoms with E-state index in [0.29, 0.717) is 19.5 Å². The number of carbonyl (C=O) groups excluding carboxylic acids is 3. The first-order chi connectivity index (χ1) is 16.3. The van der Waals surface area contributed by atoms with Crippen molar-refractivity contribution in [3.63, 3.8) is 0 Å². The molecule has 35 heavy (non-hydrogen) atoms. The Labute approximate surface area is 210 Å². The van der Waals surface area contributed by atoms with Crippen molar-refractivity contribution in [1.29, 1.82) is 0 Å². The van der Waals surface area contributed by atoms with Gasteiger partial charge in [0.1, 0.15) is 5.60 Å². The van der Waals surface area contributed by atoms with Crippen molar-refractivity contribution >= 4 is 17.7 Å². The van der Waals surface area contributed by atoms with E-state index in [1.807, 2.05) is 19.9 Å². The van der Waals surface area contributed by atoms with Gasteiger partial charge in [0.15, 0.2) is 11.9 Å². The minimum Gasteiger partial charge on any atom is -0.452 e. The molecule has 1 saturated heterocycles.